The molecule has 1 atom stereocenters. The van der Waals surface area contributed by atoms with E-state index in [0.717, 1.165) is 12.8 Å². The third kappa shape index (κ3) is 5.34. The Balaban J connectivity index is 1.75. The van der Waals surface area contributed by atoms with E-state index in [1.54, 1.807) is 0 Å². The molecule has 2 amide bonds. The molecule has 1 fully saturated rings. The number of benzene rings is 1. The summed E-state index contributed by atoms with van der Waals surface area (Å²) >= 11 is 0. The molecule has 132 valence electrons. The van der Waals surface area contributed by atoms with Gasteiger partial charge in [0, 0.05) is 31.1 Å². The van der Waals surface area contributed by atoms with Crippen LogP contribution in [0.15, 0.2) is 24.3 Å². The van der Waals surface area contributed by atoms with E-state index < -0.39 is 0 Å². The van der Waals surface area contributed by atoms with Crippen molar-refractivity contribution >= 4 is 11.8 Å². The Morgan fingerprint density at radius 1 is 1.21 bits per heavy atom. The highest BCUT2D eigenvalue weighted by atomic mass is 16.2. The molecule has 0 saturated heterocycles. The fourth-order valence-electron chi connectivity index (χ4n) is 2.66. The van der Waals surface area contributed by atoms with Crippen LogP contribution < -0.4 is 16.4 Å². The molecular weight excluding hydrogens is 302 g/mol. The molecule has 0 bridgehead atoms. The summed E-state index contributed by atoms with van der Waals surface area (Å²) in [7, 11) is 0. The molecule has 0 radical (unpaired) electrons. The molecule has 0 spiro atoms. The van der Waals surface area contributed by atoms with Crippen molar-refractivity contribution in [1.29, 1.82) is 0 Å². The molecule has 1 unspecified atom stereocenters. The minimum Gasteiger partial charge on any atom is -0.352 e. The van der Waals surface area contributed by atoms with Crippen molar-refractivity contribution in [3.8, 4) is 0 Å². The Morgan fingerprint density at radius 2 is 1.83 bits per heavy atom. The van der Waals surface area contributed by atoms with Crippen LogP contribution in [-0.2, 0) is 10.2 Å². The number of nitrogens with two attached hydrogens (primary N) is 1. The van der Waals surface area contributed by atoms with Crippen LogP contribution in [-0.4, -0.2) is 30.9 Å². The van der Waals surface area contributed by atoms with Gasteiger partial charge in [0.25, 0.3) is 5.91 Å². The van der Waals surface area contributed by atoms with Crippen molar-refractivity contribution in [1.82, 2.24) is 10.6 Å². The van der Waals surface area contributed by atoms with Gasteiger partial charge in [-0.3, -0.25) is 9.59 Å². The molecular formula is C19H29N3O2. The highest BCUT2D eigenvalue weighted by molar-refractivity contribution is 5.94. The van der Waals surface area contributed by atoms with Gasteiger partial charge in [-0.05, 0) is 41.9 Å². The number of amides is 2. The summed E-state index contributed by atoms with van der Waals surface area (Å²) in [5, 5.41) is 5.74. The molecule has 2 rings (SSSR count). The largest absolute Gasteiger partial charge is 0.352 e. The first-order valence-corrected chi connectivity index (χ1v) is 8.69. The van der Waals surface area contributed by atoms with Crippen LogP contribution >= 0.6 is 0 Å². The Bertz CT molecular complexity index is 571. The van der Waals surface area contributed by atoms with Crippen LogP contribution in [0.1, 0.15) is 56.0 Å². The molecule has 0 aliphatic heterocycles. The maximum atomic E-state index is 12.1. The van der Waals surface area contributed by atoms with Crippen molar-refractivity contribution in [3.05, 3.63) is 35.4 Å². The lowest BCUT2D eigenvalue weighted by Crippen LogP contribution is -2.42. The highest BCUT2D eigenvalue weighted by Gasteiger charge is 2.31. The number of carbonyl (C=O) groups is 2. The standard InChI is InChI=1S/C19H29N3O2/c1-19(2,3)15-8-6-14(7-9-15)18(24)21-11-10-17(23)22-16(12-20)13-4-5-13/h6-9,13,16H,4-5,10-12,20H2,1-3H3,(H,21,24)(H,22,23). The summed E-state index contributed by atoms with van der Waals surface area (Å²) in [6.45, 7) is 7.21. The lowest BCUT2D eigenvalue weighted by atomic mass is 9.87. The molecule has 1 aliphatic rings. The minimum absolute atomic E-state index is 0.0549. The number of hydrogen-bond acceptors (Lipinski definition) is 3. The highest BCUT2D eigenvalue weighted by Crippen LogP contribution is 2.32. The zero-order chi connectivity index (χ0) is 17.7. The van der Waals surface area contributed by atoms with E-state index in [4.69, 9.17) is 5.73 Å². The topological polar surface area (TPSA) is 84.2 Å². The van der Waals surface area contributed by atoms with Crippen LogP contribution in [0.25, 0.3) is 0 Å². The van der Waals surface area contributed by atoms with Crippen molar-refractivity contribution in [2.45, 2.75) is 51.5 Å². The molecule has 1 aromatic carbocycles. The van der Waals surface area contributed by atoms with E-state index in [1.165, 1.54) is 5.56 Å². The van der Waals surface area contributed by atoms with Gasteiger partial charge in [0.2, 0.25) is 5.91 Å². The van der Waals surface area contributed by atoms with Gasteiger partial charge in [0.05, 0.1) is 0 Å². The zero-order valence-corrected chi connectivity index (χ0v) is 14.9. The SMILES string of the molecule is CC(C)(C)c1ccc(C(=O)NCCC(=O)NC(CN)C2CC2)cc1. The second-order valence-electron chi connectivity index (χ2n) is 7.58. The van der Waals surface area contributed by atoms with Crippen molar-refractivity contribution in [3.63, 3.8) is 0 Å². The molecule has 1 saturated carbocycles. The van der Waals surface area contributed by atoms with Gasteiger partial charge in [-0.1, -0.05) is 32.9 Å². The molecule has 24 heavy (non-hydrogen) atoms. The molecule has 0 heterocycles. The lowest BCUT2D eigenvalue weighted by molar-refractivity contribution is -0.121. The summed E-state index contributed by atoms with van der Waals surface area (Å²) in [6.07, 6.45) is 2.56. The number of carbonyl (C=O) groups excluding carboxylic acids is 2. The number of hydrogen-bond donors (Lipinski definition) is 3. The first-order valence-electron chi connectivity index (χ1n) is 8.69. The third-order valence-corrected chi connectivity index (χ3v) is 4.44. The van der Waals surface area contributed by atoms with E-state index in [-0.39, 0.29) is 29.7 Å². The summed E-state index contributed by atoms with van der Waals surface area (Å²) in [5.74, 6) is 0.330. The number of nitrogens with one attached hydrogen (secondary N) is 2. The van der Waals surface area contributed by atoms with Gasteiger partial charge in [0.15, 0.2) is 0 Å². The summed E-state index contributed by atoms with van der Waals surface area (Å²) in [4.78, 5) is 24.0. The second kappa shape index (κ2) is 7.79. The lowest BCUT2D eigenvalue weighted by Gasteiger charge is -2.19. The molecule has 4 N–H and O–H groups in total. The first kappa shape index (κ1) is 18.5. The summed E-state index contributed by atoms with van der Waals surface area (Å²) in [6, 6.07) is 7.69. The van der Waals surface area contributed by atoms with Crippen molar-refractivity contribution in [2.24, 2.45) is 11.7 Å². The van der Waals surface area contributed by atoms with Gasteiger partial charge in [0.1, 0.15) is 0 Å². The Morgan fingerprint density at radius 3 is 2.33 bits per heavy atom. The van der Waals surface area contributed by atoms with E-state index in [1.807, 2.05) is 24.3 Å². The average molecular weight is 331 g/mol. The third-order valence-electron chi connectivity index (χ3n) is 4.44. The Hall–Kier alpha value is -1.88. The van der Waals surface area contributed by atoms with E-state index in [9.17, 15) is 9.59 Å². The fraction of sp³-hybridized carbons (Fsp3) is 0.579. The van der Waals surface area contributed by atoms with Crippen LogP contribution in [0, 0.1) is 5.92 Å². The summed E-state index contributed by atoms with van der Waals surface area (Å²) in [5.41, 5.74) is 7.54. The van der Waals surface area contributed by atoms with Crippen LogP contribution in [0.4, 0.5) is 0 Å². The molecule has 5 nitrogen and oxygen atoms in total. The zero-order valence-electron chi connectivity index (χ0n) is 14.9. The molecule has 1 aromatic rings. The van der Waals surface area contributed by atoms with Crippen LogP contribution in [0.3, 0.4) is 0 Å². The summed E-state index contributed by atoms with van der Waals surface area (Å²) < 4.78 is 0. The average Bonchev–Trinajstić information content (AvgIpc) is 3.36. The predicted molar refractivity (Wildman–Crippen MR) is 95.8 cm³/mol. The Kier molecular flexibility index (Phi) is 5.99. The van der Waals surface area contributed by atoms with Crippen molar-refractivity contribution < 1.29 is 9.59 Å². The minimum atomic E-state index is -0.152. The van der Waals surface area contributed by atoms with Gasteiger partial charge < -0.3 is 16.4 Å². The van der Waals surface area contributed by atoms with Crippen molar-refractivity contribution in [2.75, 3.05) is 13.1 Å². The Labute approximate surface area is 144 Å². The maximum absolute atomic E-state index is 12.1. The second-order valence-corrected chi connectivity index (χ2v) is 7.58. The van der Waals surface area contributed by atoms with Gasteiger partial charge in [-0.2, -0.15) is 0 Å². The van der Waals surface area contributed by atoms with E-state index in [0.29, 0.717) is 24.6 Å². The smallest absolute Gasteiger partial charge is 0.251 e. The fourth-order valence-corrected chi connectivity index (χ4v) is 2.66. The van der Waals surface area contributed by atoms with E-state index >= 15 is 0 Å². The number of rotatable bonds is 7. The van der Waals surface area contributed by atoms with Crippen LogP contribution in [0.5, 0.6) is 0 Å². The van der Waals surface area contributed by atoms with Crippen LogP contribution in [0.2, 0.25) is 0 Å². The molecule has 0 aromatic heterocycles. The maximum Gasteiger partial charge on any atom is 0.251 e. The normalized spacial score (nSPS) is 15.7. The molecule has 5 heteroatoms. The quantitative estimate of drug-likeness (QED) is 0.714. The van der Waals surface area contributed by atoms with E-state index in [2.05, 4.69) is 31.4 Å². The first-order chi connectivity index (χ1) is 11.3. The van der Waals surface area contributed by atoms with Gasteiger partial charge >= 0.3 is 0 Å². The predicted octanol–water partition coefficient (Wildman–Crippen LogP) is 1.96. The molecule has 1 aliphatic carbocycles. The van der Waals surface area contributed by atoms with Gasteiger partial charge in [-0.25, -0.2) is 0 Å². The monoisotopic (exact) mass is 331 g/mol. The van der Waals surface area contributed by atoms with Gasteiger partial charge in [-0.15, -0.1) is 0 Å².